The molecule has 1 aromatic rings. The van der Waals surface area contributed by atoms with Gasteiger partial charge in [0.25, 0.3) is 0 Å². The van der Waals surface area contributed by atoms with Crippen molar-refractivity contribution in [2.75, 3.05) is 13.7 Å². The van der Waals surface area contributed by atoms with Crippen molar-refractivity contribution in [2.45, 2.75) is 0 Å². The number of nitrogens with two attached hydrogens (primary N) is 1. The molecule has 1 aromatic carbocycles. The van der Waals surface area contributed by atoms with Crippen LogP contribution < -0.4 is 10.5 Å². The van der Waals surface area contributed by atoms with Gasteiger partial charge < -0.3 is 10.5 Å². The van der Waals surface area contributed by atoms with Crippen LogP contribution in [-0.4, -0.2) is 19.4 Å². The minimum atomic E-state index is -0.135. The highest BCUT2D eigenvalue weighted by Crippen LogP contribution is 2.26. The standard InChI is InChI=1S/C9H10BrNO2.ClH/c1-13-8-4-2-3-6(10)9(8)7(12)5-11;/h2-4H,5,11H2,1H3;1H. The van der Waals surface area contributed by atoms with E-state index in [-0.39, 0.29) is 24.7 Å². The molecular formula is C9H11BrClNO2. The SMILES string of the molecule is COc1cccc(Br)c1C(=O)CN.Cl. The summed E-state index contributed by atoms with van der Waals surface area (Å²) in [6.07, 6.45) is 0. The van der Waals surface area contributed by atoms with E-state index < -0.39 is 0 Å². The fourth-order valence-corrected chi connectivity index (χ4v) is 1.62. The van der Waals surface area contributed by atoms with Crippen LogP contribution >= 0.6 is 28.3 Å². The summed E-state index contributed by atoms with van der Waals surface area (Å²) in [5, 5.41) is 0. The van der Waals surface area contributed by atoms with E-state index in [9.17, 15) is 4.79 Å². The van der Waals surface area contributed by atoms with Gasteiger partial charge in [-0.1, -0.05) is 6.07 Å². The third-order valence-corrected chi connectivity index (χ3v) is 2.32. The predicted molar refractivity (Wildman–Crippen MR) is 61.3 cm³/mol. The minimum absolute atomic E-state index is 0. The van der Waals surface area contributed by atoms with Crippen molar-refractivity contribution < 1.29 is 9.53 Å². The molecule has 0 fully saturated rings. The molecule has 0 radical (unpaired) electrons. The highest BCUT2D eigenvalue weighted by molar-refractivity contribution is 9.10. The minimum Gasteiger partial charge on any atom is -0.496 e. The molecule has 0 spiro atoms. The van der Waals surface area contributed by atoms with Gasteiger partial charge in [-0.2, -0.15) is 0 Å². The number of ether oxygens (including phenoxy) is 1. The second kappa shape index (κ2) is 6.01. The summed E-state index contributed by atoms with van der Waals surface area (Å²) in [5.41, 5.74) is 5.78. The van der Waals surface area contributed by atoms with E-state index in [2.05, 4.69) is 15.9 Å². The maximum atomic E-state index is 11.4. The zero-order chi connectivity index (χ0) is 9.84. The quantitative estimate of drug-likeness (QED) is 0.862. The van der Waals surface area contributed by atoms with E-state index in [0.717, 1.165) is 0 Å². The Labute approximate surface area is 97.2 Å². The van der Waals surface area contributed by atoms with Crippen molar-refractivity contribution in [3.63, 3.8) is 0 Å². The number of benzene rings is 1. The molecule has 0 bridgehead atoms. The summed E-state index contributed by atoms with van der Waals surface area (Å²) in [5.74, 6) is 0.411. The summed E-state index contributed by atoms with van der Waals surface area (Å²) in [7, 11) is 1.52. The normalized spacial score (nSPS) is 9.07. The first-order chi connectivity index (χ1) is 6.20. The summed E-state index contributed by atoms with van der Waals surface area (Å²) >= 11 is 3.27. The van der Waals surface area contributed by atoms with Gasteiger partial charge in [-0.3, -0.25) is 4.79 Å². The first-order valence-electron chi connectivity index (χ1n) is 3.76. The maximum absolute atomic E-state index is 11.4. The summed E-state index contributed by atoms with van der Waals surface area (Å²) in [6.45, 7) is -0.0149. The number of ketones is 1. The van der Waals surface area contributed by atoms with Crippen LogP contribution in [0.4, 0.5) is 0 Å². The third kappa shape index (κ3) is 2.70. The first-order valence-corrected chi connectivity index (χ1v) is 4.55. The molecular weight excluding hydrogens is 269 g/mol. The molecule has 2 N–H and O–H groups in total. The molecule has 0 saturated carbocycles. The van der Waals surface area contributed by atoms with Gasteiger partial charge in [-0.05, 0) is 28.1 Å². The van der Waals surface area contributed by atoms with Gasteiger partial charge in [0.05, 0.1) is 19.2 Å². The molecule has 14 heavy (non-hydrogen) atoms. The molecule has 1 rings (SSSR count). The van der Waals surface area contributed by atoms with Crippen LogP contribution in [0.1, 0.15) is 10.4 Å². The topological polar surface area (TPSA) is 52.3 Å². The predicted octanol–water partition coefficient (Wildman–Crippen LogP) is 2.02. The second-order valence-electron chi connectivity index (χ2n) is 2.44. The van der Waals surface area contributed by atoms with E-state index in [4.69, 9.17) is 10.5 Å². The Morgan fingerprint density at radius 1 is 1.57 bits per heavy atom. The molecule has 0 aliphatic heterocycles. The van der Waals surface area contributed by atoms with E-state index in [1.165, 1.54) is 7.11 Å². The molecule has 0 aromatic heterocycles. The van der Waals surface area contributed by atoms with E-state index >= 15 is 0 Å². The fraction of sp³-hybridized carbons (Fsp3) is 0.222. The lowest BCUT2D eigenvalue weighted by Crippen LogP contribution is -2.15. The average molecular weight is 281 g/mol. The number of rotatable bonds is 3. The number of hydrogen-bond acceptors (Lipinski definition) is 3. The van der Waals surface area contributed by atoms with E-state index in [1.54, 1.807) is 18.2 Å². The van der Waals surface area contributed by atoms with E-state index in [0.29, 0.717) is 15.8 Å². The molecule has 0 saturated heterocycles. The third-order valence-electron chi connectivity index (χ3n) is 1.66. The molecule has 5 heteroatoms. The number of hydrogen-bond donors (Lipinski definition) is 1. The molecule has 0 amide bonds. The average Bonchev–Trinajstić information content (AvgIpc) is 2.16. The van der Waals surface area contributed by atoms with Gasteiger partial charge >= 0.3 is 0 Å². The molecule has 0 unspecified atom stereocenters. The van der Waals surface area contributed by atoms with Crippen LogP contribution in [-0.2, 0) is 0 Å². The second-order valence-corrected chi connectivity index (χ2v) is 3.30. The summed E-state index contributed by atoms with van der Waals surface area (Å²) < 4.78 is 5.75. The molecule has 78 valence electrons. The lowest BCUT2D eigenvalue weighted by atomic mass is 10.1. The number of carbonyl (C=O) groups is 1. The Morgan fingerprint density at radius 3 is 2.71 bits per heavy atom. The van der Waals surface area contributed by atoms with Crippen LogP contribution in [0.3, 0.4) is 0 Å². The van der Waals surface area contributed by atoms with Gasteiger partial charge in [-0.15, -0.1) is 12.4 Å². The Hall–Kier alpha value is -0.580. The highest BCUT2D eigenvalue weighted by atomic mass is 79.9. The van der Waals surface area contributed by atoms with Gasteiger partial charge in [0.15, 0.2) is 5.78 Å². The molecule has 0 aliphatic rings. The first kappa shape index (κ1) is 13.4. The van der Waals surface area contributed by atoms with E-state index in [1.807, 2.05) is 0 Å². The molecule has 0 heterocycles. The number of methoxy groups -OCH3 is 1. The van der Waals surface area contributed by atoms with Crippen molar-refractivity contribution in [3.05, 3.63) is 28.2 Å². The van der Waals surface area contributed by atoms with Crippen molar-refractivity contribution in [3.8, 4) is 5.75 Å². The van der Waals surface area contributed by atoms with Crippen LogP contribution in [0.15, 0.2) is 22.7 Å². The fourth-order valence-electron chi connectivity index (χ4n) is 1.05. The maximum Gasteiger partial charge on any atom is 0.181 e. The Kier molecular flexibility index (Phi) is 5.76. The van der Waals surface area contributed by atoms with Gasteiger partial charge in [0.1, 0.15) is 5.75 Å². The smallest absolute Gasteiger partial charge is 0.181 e. The van der Waals surface area contributed by atoms with Crippen LogP contribution in [0.5, 0.6) is 5.75 Å². The summed E-state index contributed by atoms with van der Waals surface area (Å²) in [6, 6.07) is 5.31. The van der Waals surface area contributed by atoms with Crippen LogP contribution in [0.2, 0.25) is 0 Å². The van der Waals surface area contributed by atoms with Crippen molar-refractivity contribution in [2.24, 2.45) is 5.73 Å². The van der Waals surface area contributed by atoms with Crippen LogP contribution in [0, 0.1) is 0 Å². The van der Waals surface area contributed by atoms with Crippen molar-refractivity contribution in [1.82, 2.24) is 0 Å². The molecule has 0 aliphatic carbocycles. The number of halogens is 2. The van der Waals surface area contributed by atoms with Crippen LogP contribution in [0.25, 0.3) is 0 Å². The monoisotopic (exact) mass is 279 g/mol. The lowest BCUT2D eigenvalue weighted by molar-refractivity contribution is 0.0997. The highest BCUT2D eigenvalue weighted by Gasteiger charge is 2.13. The largest absolute Gasteiger partial charge is 0.496 e. The lowest BCUT2D eigenvalue weighted by Gasteiger charge is -2.07. The summed E-state index contributed by atoms with van der Waals surface area (Å²) in [4.78, 5) is 11.4. The Morgan fingerprint density at radius 2 is 2.21 bits per heavy atom. The van der Waals surface area contributed by atoms with Crippen molar-refractivity contribution >= 4 is 34.1 Å². The number of Topliss-reactive ketones (excluding diaryl/α,β-unsaturated/α-hetero) is 1. The zero-order valence-corrected chi connectivity index (χ0v) is 10.0. The van der Waals surface area contributed by atoms with Crippen molar-refractivity contribution in [1.29, 1.82) is 0 Å². The zero-order valence-electron chi connectivity index (χ0n) is 7.62. The van der Waals surface area contributed by atoms with Gasteiger partial charge in [0.2, 0.25) is 0 Å². The molecule has 3 nitrogen and oxygen atoms in total. The Balaban J connectivity index is 0.00000169. The number of carbonyl (C=O) groups excluding carboxylic acids is 1. The molecule has 0 atom stereocenters. The van der Waals surface area contributed by atoms with Gasteiger partial charge in [-0.25, -0.2) is 0 Å². The Bertz CT molecular complexity index is 331. The van der Waals surface area contributed by atoms with Gasteiger partial charge in [0, 0.05) is 4.47 Å².